The van der Waals surface area contributed by atoms with Crippen LogP contribution in [0.1, 0.15) is 65.5 Å². The number of nitrogens with zero attached hydrogens (tertiary/aromatic N) is 1. The van der Waals surface area contributed by atoms with Gasteiger partial charge in [0.1, 0.15) is 6.61 Å². The maximum absolute atomic E-state index is 14.1. The molecule has 0 saturated heterocycles. The van der Waals surface area contributed by atoms with Crippen LogP contribution in [0.4, 0.5) is 13.2 Å². The van der Waals surface area contributed by atoms with Crippen LogP contribution < -0.4 is 14.8 Å². The summed E-state index contributed by atoms with van der Waals surface area (Å²) in [6.07, 6.45) is -3.43. The molecular formula is C25H31F3N2O5. The Morgan fingerprint density at radius 2 is 1.89 bits per heavy atom. The molecule has 0 bridgehead atoms. The molecule has 1 aliphatic carbocycles. The Bertz CT molecular complexity index is 1070. The number of aliphatic hydroxyl groups excluding tert-OH is 1. The summed E-state index contributed by atoms with van der Waals surface area (Å²) < 4.78 is 53.4. The van der Waals surface area contributed by atoms with Crippen molar-refractivity contribution in [2.75, 3.05) is 19.8 Å². The Morgan fingerprint density at radius 1 is 1.20 bits per heavy atom. The Kier molecular flexibility index (Phi) is 7.96. The second-order valence-corrected chi connectivity index (χ2v) is 9.05. The van der Waals surface area contributed by atoms with Gasteiger partial charge in [0.2, 0.25) is 5.60 Å². The third-order valence-electron chi connectivity index (χ3n) is 5.95. The number of nitrogens with one attached hydrogen (secondary N) is 1. The summed E-state index contributed by atoms with van der Waals surface area (Å²) in [4.78, 5) is 16.8. The summed E-state index contributed by atoms with van der Waals surface area (Å²) in [7, 11) is 0. The smallest absolute Gasteiger partial charge is 0.424 e. The number of carbonyl (C=O) groups excluding carboxylic acids is 1. The largest absolute Gasteiger partial charge is 0.487 e. The van der Waals surface area contributed by atoms with Crippen LogP contribution in [0, 0.1) is 13.8 Å². The second kappa shape index (κ2) is 10.4. The van der Waals surface area contributed by atoms with E-state index in [0.717, 1.165) is 18.4 Å². The number of amides is 1. The van der Waals surface area contributed by atoms with Gasteiger partial charge in [-0.25, -0.2) is 0 Å². The average molecular weight is 497 g/mol. The molecule has 0 spiro atoms. The SMILES string of the molecule is Cc1nc(C(O)(CNC(=O)c2ccc(OCCO)c(OC3CC3)c2)C(F)(F)F)cc(C(C)C)c1C. The zero-order valence-corrected chi connectivity index (χ0v) is 20.2. The maximum atomic E-state index is 14.1. The standard InChI is InChI=1S/C25H31F3N2O5/c1-14(2)19-12-22(30-16(4)15(19)3)24(33,25(26,27)28)13-29-23(32)17-5-8-20(34-10-9-31)21(11-17)35-18-6-7-18/h5,8,11-12,14,18,31,33H,6-7,9-10,13H2,1-4H3,(H,29,32). The molecule has 1 aromatic carbocycles. The van der Waals surface area contributed by atoms with Gasteiger partial charge >= 0.3 is 6.18 Å². The topological polar surface area (TPSA) is 101 Å². The molecule has 0 aliphatic heterocycles. The molecule has 1 aliphatic rings. The fraction of sp³-hybridized carbons (Fsp3) is 0.520. The number of aryl methyl sites for hydroxylation is 1. The van der Waals surface area contributed by atoms with E-state index in [-0.39, 0.29) is 36.5 Å². The zero-order valence-electron chi connectivity index (χ0n) is 20.2. The minimum absolute atomic E-state index is 0.0204. The van der Waals surface area contributed by atoms with E-state index in [2.05, 4.69) is 10.3 Å². The number of hydrogen-bond donors (Lipinski definition) is 3. The number of aliphatic hydroxyl groups is 2. The third-order valence-corrected chi connectivity index (χ3v) is 5.95. The molecule has 10 heteroatoms. The molecule has 1 aromatic heterocycles. The van der Waals surface area contributed by atoms with E-state index in [0.29, 0.717) is 17.0 Å². The van der Waals surface area contributed by atoms with E-state index < -0.39 is 29.9 Å². The molecule has 3 N–H and O–H groups in total. The molecule has 35 heavy (non-hydrogen) atoms. The summed E-state index contributed by atoms with van der Waals surface area (Å²) in [5.41, 5.74) is -2.14. The lowest BCUT2D eigenvalue weighted by Crippen LogP contribution is -2.51. The molecule has 1 saturated carbocycles. The number of benzene rings is 1. The van der Waals surface area contributed by atoms with Crippen molar-refractivity contribution >= 4 is 5.91 Å². The highest BCUT2D eigenvalue weighted by Gasteiger charge is 2.56. The highest BCUT2D eigenvalue weighted by Crippen LogP contribution is 2.40. The maximum Gasteiger partial charge on any atom is 0.424 e. The van der Waals surface area contributed by atoms with Gasteiger partial charge in [0, 0.05) is 11.3 Å². The van der Waals surface area contributed by atoms with E-state index in [1.54, 1.807) is 13.8 Å². The van der Waals surface area contributed by atoms with Gasteiger partial charge in [-0.05, 0) is 68.0 Å². The van der Waals surface area contributed by atoms with Crippen molar-refractivity contribution in [2.45, 2.75) is 64.3 Å². The average Bonchev–Trinajstić information content (AvgIpc) is 3.61. The van der Waals surface area contributed by atoms with E-state index >= 15 is 0 Å². The van der Waals surface area contributed by atoms with Gasteiger partial charge in [-0.1, -0.05) is 13.8 Å². The fourth-order valence-corrected chi connectivity index (χ4v) is 3.60. The monoisotopic (exact) mass is 496 g/mol. The minimum Gasteiger partial charge on any atom is -0.487 e. The van der Waals surface area contributed by atoms with Gasteiger partial charge in [-0.15, -0.1) is 0 Å². The van der Waals surface area contributed by atoms with Crippen molar-refractivity contribution < 1.29 is 37.7 Å². The Hall–Kier alpha value is -2.85. The molecule has 1 fully saturated rings. The van der Waals surface area contributed by atoms with Gasteiger partial charge < -0.3 is 25.0 Å². The number of rotatable bonds is 10. The van der Waals surface area contributed by atoms with Gasteiger partial charge in [0.25, 0.3) is 5.91 Å². The van der Waals surface area contributed by atoms with Crippen molar-refractivity contribution in [3.8, 4) is 11.5 Å². The number of halogens is 3. The molecule has 3 rings (SSSR count). The van der Waals surface area contributed by atoms with Crippen molar-refractivity contribution in [2.24, 2.45) is 0 Å². The quantitative estimate of drug-likeness (QED) is 0.461. The molecule has 1 atom stereocenters. The molecule has 1 unspecified atom stereocenters. The lowest BCUT2D eigenvalue weighted by molar-refractivity contribution is -0.265. The summed E-state index contributed by atoms with van der Waals surface area (Å²) >= 11 is 0. The molecule has 192 valence electrons. The molecule has 2 aromatic rings. The highest BCUT2D eigenvalue weighted by atomic mass is 19.4. The van der Waals surface area contributed by atoms with Crippen LogP contribution in [-0.4, -0.2) is 53.1 Å². The number of alkyl halides is 3. The predicted octanol–water partition coefficient (Wildman–Crippen LogP) is 3.91. The van der Waals surface area contributed by atoms with Crippen molar-refractivity contribution in [1.82, 2.24) is 10.3 Å². The Labute approximate surface area is 202 Å². The van der Waals surface area contributed by atoms with Gasteiger partial charge in [-0.2, -0.15) is 13.2 Å². The first-order chi connectivity index (χ1) is 16.4. The van der Waals surface area contributed by atoms with Crippen molar-refractivity contribution in [1.29, 1.82) is 0 Å². The number of ether oxygens (including phenoxy) is 2. The van der Waals surface area contributed by atoms with Crippen LogP contribution in [0.15, 0.2) is 24.3 Å². The Balaban J connectivity index is 1.87. The fourth-order valence-electron chi connectivity index (χ4n) is 3.60. The summed E-state index contributed by atoms with van der Waals surface area (Å²) in [5, 5.41) is 22.0. The molecule has 0 radical (unpaired) electrons. The van der Waals surface area contributed by atoms with E-state index in [9.17, 15) is 23.1 Å². The molecule has 1 heterocycles. The van der Waals surface area contributed by atoms with Crippen LogP contribution >= 0.6 is 0 Å². The van der Waals surface area contributed by atoms with Gasteiger partial charge in [0.15, 0.2) is 11.5 Å². The number of pyridine rings is 1. The summed E-state index contributed by atoms with van der Waals surface area (Å²) in [5.74, 6) is -0.333. The van der Waals surface area contributed by atoms with Crippen molar-refractivity contribution in [3.63, 3.8) is 0 Å². The van der Waals surface area contributed by atoms with Crippen LogP contribution in [0.2, 0.25) is 0 Å². The van der Waals surface area contributed by atoms with Gasteiger partial charge in [-0.3, -0.25) is 9.78 Å². The first-order valence-corrected chi connectivity index (χ1v) is 11.5. The Morgan fingerprint density at radius 3 is 2.46 bits per heavy atom. The second-order valence-electron chi connectivity index (χ2n) is 9.05. The lowest BCUT2D eigenvalue weighted by atomic mass is 9.90. The van der Waals surface area contributed by atoms with Crippen LogP contribution in [0.25, 0.3) is 0 Å². The van der Waals surface area contributed by atoms with Crippen LogP contribution in [0.5, 0.6) is 11.5 Å². The number of carbonyl (C=O) groups is 1. The summed E-state index contributed by atoms with van der Waals surface area (Å²) in [6.45, 7) is 5.72. The first kappa shape index (κ1) is 26.7. The number of hydrogen-bond acceptors (Lipinski definition) is 6. The zero-order chi connectivity index (χ0) is 26.0. The van der Waals surface area contributed by atoms with Crippen molar-refractivity contribution in [3.05, 3.63) is 52.3 Å². The number of aromatic nitrogens is 1. The minimum atomic E-state index is -5.09. The lowest BCUT2D eigenvalue weighted by Gasteiger charge is -2.31. The van der Waals surface area contributed by atoms with Gasteiger partial charge in [0.05, 0.1) is 24.9 Å². The van der Waals surface area contributed by atoms with E-state index in [4.69, 9.17) is 14.6 Å². The first-order valence-electron chi connectivity index (χ1n) is 11.5. The molecular weight excluding hydrogens is 465 g/mol. The highest BCUT2D eigenvalue weighted by molar-refractivity contribution is 5.95. The normalized spacial score (nSPS) is 15.6. The molecule has 7 nitrogen and oxygen atoms in total. The predicted molar refractivity (Wildman–Crippen MR) is 123 cm³/mol. The third kappa shape index (κ3) is 6.05. The summed E-state index contributed by atoms with van der Waals surface area (Å²) in [6, 6.07) is 5.46. The van der Waals surface area contributed by atoms with E-state index in [1.165, 1.54) is 24.3 Å². The van der Waals surface area contributed by atoms with Crippen LogP contribution in [0.3, 0.4) is 0 Å². The molecule has 1 amide bonds. The van der Waals surface area contributed by atoms with E-state index in [1.807, 2.05) is 13.8 Å². The van der Waals surface area contributed by atoms with Crippen LogP contribution in [-0.2, 0) is 5.60 Å².